The van der Waals surface area contributed by atoms with Gasteiger partial charge in [-0.2, -0.15) is 4.98 Å². The van der Waals surface area contributed by atoms with E-state index in [9.17, 15) is 9.90 Å². The normalized spacial score (nSPS) is 12.4. The van der Waals surface area contributed by atoms with E-state index in [1.165, 1.54) is 0 Å². The molecule has 0 bridgehead atoms. The molecule has 0 radical (unpaired) electrons. The van der Waals surface area contributed by atoms with E-state index < -0.39 is 0 Å². The molecule has 0 saturated carbocycles. The van der Waals surface area contributed by atoms with Crippen molar-refractivity contribution in [1.82, 2.24) is 15.5 Å². The zero-order chi connectivity index (χ0) is 16.1. The van der Waals surface area contributed by atoms with Crippen LogP contribution in [0.1, 0.15) is 36.5 Å². The first-order valence-corrected chi connectivity index (χ1v) is 7.32. The number of rotatable bonds is 6. The minimum atomic E-state index is -0.273. The van der Waals surface area contributed by atoms with E-state index in [-0.39, 0.29) is 18.6 Å². The monoisotopic (exact) mass is 303 g/mol. The Balaban J connectivity index is 2.23. The first-order valence-electron chi connectivity index (χ1n) is 7.32. The van der Waals surface area contributed by atoms with Crippen molar-refractivity contribution in [3.8, 4) is 11.5 Å². The summed E-state index contributed by atoms with van der Waals surface area (Å²) >= 11 is 0. The summed E-state index contributed by atoms with van der Waals surface area (Å²) in [5.41, 5.74) is 1.04. The number of amides is 1. The zero-order valence-electron chi connectivity index (χ0n) is 13.0. The number of benzene rings is 1. The predicted octanol–water partition coefficient (Wildman–Crippen LogP) is 2.18. The van der Waals surface area contributed by atoms with E-state index in [1.807, 2.05) is 19.9 Å². The molecule has 2 aromatic rings. The van der Waals surface area contributed by atoms with Gasteiger partial charge in [0, 0.05) is 0 Å². The lowest BCUT2D eigenvalue weighted by atomic mass is 10.0. The number of aliphatic hydroxyl groups is 1. The maximum Gasteiger partial charge on any atom is 0.258 e. The number of nitrogens with one attached hydrogen (secondary N) is 1. The molecule has 1 atom stereocenters. The van der Waals surface area contributed by atoms with Crippen LogP contribution < -0.4 is 5.32 Å². The number of nitrogens with zero attached hydrogens (tertiary/aromatic N) is 2. The molecule has 1 aromatic heterocycles. The largest absolute Gasteiger partial charge is 0.394 e. The highest BCUT2D eigenvalue weighted by atomic mass is 16.5. The summed E-state index contributed by atoms with van der Waals surface area (Å²) in [6, 6.07) is 6.78. The smallest absolute Gasteiger partial charge is 0.258 e. The average molecular weight is 303 g/mol. The topological polar surface area (TPSA) is 88.2 Å². The van der Waals surface area contributed by atoms with Crippen molar-refractivity contribution in [2.75, 3.05) is 6.61 Å². The number of aromatic nitrogens is 2. The molecule has 1 heterocycles. The van der Waals surface area contributed by atoms with Gasteiger partial charge in [0.25, 0.3) is 11.8 Å². The van der Waals surface area contributed by atoms with Crippen molar-refractivity contribution in [2.45, 2.75) is 33.2 Å². The first kappa shape index (κ1) is 16.2. The molecule has 0 aliphatic carbocycles. The summed E-state index contributed by atoms with van der Waals surface area (Å²) in [6.45, 7) is 5.72. The van der Waals surface area contributed by atoms with Crippen LogP contribution in [0.5, 0.6) is 0 Å². The van der Waals surface area contributed by atoms with E-state index in [2.05, 4.69) is 15.5 Å². The molecule has 6 heteroatoms. The number of aliphatic hydroxyl groups excluding tert-OH is 1. The Hall–Kier alpha value is -2.21. The molecule has 6 nitrogen and oxygen atoms in total. The predicted molar refractivity (Wildman–Crippen MR) is 82.3 cm³/mol. The highest BCUT2D eigenvalue weighted by Gasteiger charge is 2.19. The van der Waals surface area contributed by atoms with Gasteiger partial charge in [0.05, 0.1) is 23.8 Å². The lowest BCUT2D eigenvalue weighted by Gasteiger charge is -2.18. The Labute approximate surface area is 129 Å². The van der Waals surface area contributed by atoms with Gasteiger partial charge in [0.2, 0.25) is 0 Å². The molecular weight excluding hydrogens is 282 g/mol. The van der Waals surface area contributed by atoms with Gasteiger partial charge in [-0.25, -0.2) is 0 Å². The van der Waals surface area contributed by atoms with E-state index in [4.69, 9.17) is 4.52 Å². The second-order valence-corrected chi connectivity index (χ2v) is 5.67. The summed E-state index contributed by atoms with van der Waals surface area (Å²) < 4.78 is 5.15. The number of aryl methyl sites for hydroxylation is 1. The van der Waals surface area contributed by atoms with E-state index >= 15 is 0 Å². The van der Waals surface area contributed by atoms with Gasteiger partial charge >= 0.3 is 0 Å². The highest BCUT2D eigenvalue weighted by molar-refractivity contribution is 6.00. The lowest BCUT2D eigenvalue weighted by molar-refractivity contribution is 0.0908. The highest BCUT2D eigenvalue weighted by Crippen LogP contribution is 2.22. The molecule has 1 unspecified atom stereocenters. The molecular formula is C16H21N3O3. The Bertz CT molecular complexity index is 637. The Morgan fingerprint density at radius 1 is 1.36 bits per heavy atom. The van der Waals surface area contributed by atoms with Crippen molar-refractivity contribution in [3.63, 3.8) is 0 Å². The van der Waals surface area contributed by atoms with Gasteiger partial charge < -0.3 is 14.9 Å². The second-order valence-electron chi connectivity index (χ2n) is 5.67. The molecule has 1 amide bonds. The summed E-state index contributed by atoms with van der Waals surface area (Å²) in [5.74, 6) is 0.948. The van der Waals surface area contributed by atoms with Crippen molar-refractivity contribution in [3.05, 3.63) is 35.7 Å². The molecule has 0 fully saturated rings. The molecule has 118 valence electrons. The quantitative estimate of drug-likeness (QED) is 0.854. The number of hydrogen-bond acceptors (Lipinski definition) is 5. The fraction of sp³-hybridized carbons (Fsp3) is 0.438. The minimum Gasteiger partial charge on any atom is -0.394 e. The molecule has 0 saturated heterocycles. The van der Waals surface area contributed by atoms with Gasteiger partial charge in [-0.15, -0.1) is 0 Å². The fourth-order valence-corrected chi connectivity index (χ4v) is 2.29. The molecule has 0 spiro atoms. The Morgan fingerprint density at radius 3 is 2.68 bits per heavy atom. The van der Waals surface area contributed by atoms with Crippen LogP contribution in [-0.4, -0.2) is 33.8 Å². The maximum atomic E-state index is 12.5. The molecule has 22 heavy (non-hydrogen) atoms. The van der Waals surface area contributed by atoms with Gasteiger partial charge in [-0.1, -0.05) is 31.1 Å². The van der Waals surface area contributed by atoms with Crippen LogP contribution in [0.3, 0.4) is 0 Å². The molecule has 0 aliphatic rings. The summed E-state index contributed by atoms with van der Waals surface area (Å²) in [6.07, 6.45) is 0.712. The molecule has 1 aromatic carbocycles. The Kier molecular flexibility index (Phi) is 5.27. The number of carbonyl (C=O) groups excluding carboxylic acids is 1. The van der Waals surface area contributed by atoms with Crippen LogP contribution in [0.4, 0.5) is 0 Å². The van der Waals surface area contributed by atoms with Crippen molar-refractivity contribution in [2.24, 2.45) is 5.92 Å². The number of hydrogen-bond donors (Lipinski definition) is 2. The van der Waals surface area contributed by atoms with Gasteiger partial charge in [0.15, 0.2) is 5.82 Å². The third kappa shape index (κ3) is 3.92. The average Bonchev–Trinajstić information content (AvgIpc) is 2.92. The lowest BCUT2D eigenvalue weighted by Crippen LogP contribution is -2.38. The summed E-state index contributed by atoms with van der Waals surface area (Å²) in [7, 11) is 0. The molecule has 0 aliphatic heterocycles. The van der Waals surface area contributed by atoms with Crippen LogP contribution in [0.2, 0.25) is 0 Å². The van der Waals surface area contributed by atoms with E-state index in [1.54, 1.807) is 25.1 Å². The van der Waals surface area contributed by atoms with E-state index in [0.717, 1.165) is 0 Å². The van der Waals surface area contributed by atoms with Gasteiger partial charge in [-0.3, -0.25) is 4.79 Å². The summed E-state index contributed by atoms with van der Waals surface area (Å²) in [5, 5.41) is 16.0. The number of carbonyl (C=O) groups is 1. The van der Waals surface area contributed by atoms with Crippen molar-refractivity contribution >= 4 is 5.91 Å². The zero-order valence-corrected chi connectivity index (χ0v) is 13.0. The van der Waals surface area contributed by atoms with Gasteiger partial charge in [0.1, 0.15) is 0 Å². The summed E-state index contributed by atoms with van der Waals surface area (Å²) in [4.78, 5) is 16.6. The SMILES string of the molecule is Cc1noc(-c2ccccc2C(=O)NC(CO)CC(C)C)n1. The van der Waals surface area contributed by atoms with Crippen LogP contribution in [0.15, 0.2) is 28.8 Å². The second kappa shape index (κ2) is 7.17. The minimum absolute atomic E-state index is 0.0915. The van der Waals surface area contributed by atoms with E-state index in [0.29, 0.717) is 35.2 Å². The standard InChI is InChI=1S/C16H21N3O3/c1-10(2)8-12(9-20)18-15(21)13-6-4-5-7-14(13)16-17-11(3)19-22-16/h4-7,10,12,20H,8-9H2,1-3H3,(H,18,21). The maximum absolute atomic E-state index is 12.5. The molecule has 2 N–H and O–H groups in total. The van der Waals surface area contributed by atoms with Crippen LogP contribution in [0, 0.1) is 12.8 Å². The van der Waals surface area contributed by atoms with Crippen LogP contribution >= 0.6 is 0 Å². The third-order valence-corrected chi connectivity index (χ3v) is 3.24. The first-order chi connectivity index (χ1) is 10.5. The van der Waals surface area contributed by atoms with Crippen molar-refractivity contribution in [1.29, 1.82) is 0 Å². The third-order valence-electron chi connectivity index (χ3n) is 3.24. The van der Waals surface area contributed by atoms with Gasteiger partial charge in [-0.05, 0) is 31.4 Å². The Morgan fingerprint density at radius 2 is 2.09 bits per heavy atom. The molecule has 2 rings (SSSR count). The fourth-order valence-electron chi connectivity index (χ4n) is 2.29. The van der Waals surface area contributed by atoms with Crippen LogP contribution in [0.25, 0.3) is 11.5 Å². The van der Waals surface area contributed by atoms with Crippen LogP contribution in [-0.2, 0) is 0 Å². The van der Waals surface area contributed by atoms with Crippen molar-refractivity contribution < 1.29 is 14.4 Å².